The lowest BCUT2D eigenvalue weighted by Crippen LogP contribution is -2.44. The number of halogens is 1. The van der Waals surface area contributed by atoms with Crippen molar-refractivity contribution in [3.05, 3.63) is 28.8 Å². The zero-order chi connectivity index (χ0) is 20.7. The van der Waals surface area contributed by atoms with Crippen molar-refractivity contribution in [3.8, 4) is 0 Å². The Bertz CT molecular complexity index is 758. The van der Waals surface area contributed by atoms with Crippen molar-refractivity contribution in [2.45, 2.75) is 57.4 Å². The molecule has 0 spiro atoms. The first-order valence-electron chi connectivity index (χ1n) is 10.2. The molecule has 1 amide bonds. The molecule has 0 unspecified atom stereocenters. The molecule has 0 aromatic heterocycles. The summed E-state index contributed by atoms with van der Waals surface area (Å²) in [7, 11) is -3.64. The quantitative estimate of drug-likeness (QED) is 0.653. The van der Waals surface area contributed by atoms with Crippen LogP contribution in [-0.2, 0) is 10.0 Å². The Labute approximate surface area is 174 Å². The second kappa shape index (κ2) is 10.6. The SMILES string of the molecule is CCCCN1CCC(NC(=O)c2cc(S(=O)(=O)N(CC)CC)ccc2Cl)CC1. The number of carbonyl (C=O) groups is 1. The summed E-state index contributed by atoms with van der Waals surface area (Å²) in [6.07, 6.45) is 4.16. The van der Waals surface area contributed by atoms with Gasteiger partial charge in [-0.1, -0.05) is 38.8 Å². The number of sulfonamides is 1. The van der Waals surface area contributed by atoms with Gasteiger partial charge in [-0.05, 0) is 44.0 Å². The van der Waals surface area contributed by atoms with Crippen LogP contribution in [0.15, 0.2) is 23.1 Å². The summed E-state index contributed by atoms with van der Waals surface area (Å²) < 4.78 is 26.8. The van der Waals surface area contributed by atoms with Crippen LogP contribution >= 0.6 is 11.6 Å². The van der Waals surface area contributed by atoms with Gasteiger partial charge < -0.3 is 10.2 Å². The van der Waals surface area contributed by atoms with Crippen LogP contribution in [0.4, 0.5) is 0 Å². The van der Waals surface area contributed by atoms with E-state index in [0.29, 0.717) is 13.1 Å². The molecule has 1 aliphatic heterocycles. The fourth-order valence-electron chi connectivity index (χ4n) is 3.50. The van der Waals surface area contributed by atoms with Crippen molar-refractivity contribution in [3.63, 3.8) is 0 Å². The average molecular weight is 430 g/mol. The summed E-state index contributed by atoms with van der Waals surface area (Å²) in [5.41, 5.74) is 0.211. The summed E-state index contributed by atoms with van der Waals surface area (Å²) >= 11 is 6.21. The van der Waals surface area contributed by atoms with E-state index >= 15 is 0 Å². The van der Waals surface area contributed by atoms with Crippen LogP contribution < -0.4 is 5.32 Å². The molecule has 0 aliphatic carbocycles. The van der Waals surface area contributed by atoms with E-state index in [0.717, 1.165) is 32.5 Å². The van der Waals surface area contributed by atoms with Crippen molar-refractivity contribution in [1.82, 2.24) is 14.5 Å². The second-order valence-electron chi connectivity index (χ2n) is 7.17. The van der Waals surface area contributed by atoms with Crippen LogP contribution in [-0.4, -0.2) is 62.3 Å². The minimum absolute atomic E-state index is 0.0875. The smallest absolute Gasteiger partial charge is 0.253 e. The molecule has 158 valence electrons. The third kappa shape index (κ3) is 5.69. The van der Waals surface area contributed by atoms with Gasteiger partial charge in [-0.25, -0.2) is 8.42 Å². The number of nitrogens with one attached hydrogen (secondary N) is 1. The molecule has 0 saturated carbocycles. The van der Waals surface area contributed by atoms with Crippen LogP contribution in [0.5, 0.6) is 0 Å². The molecule has 1 aliphatic rings. The maximum atomic E-state index is 12.8. The fraction of sp³-hybridized carbons (Fsp3) is 0.650. The molecule has 6 nitrogen and oxygen atoms in total. The van der Waals surface area contributed by atoms with E-state index < -0.39 is 10.0 Å². The molecule has 1 aromatic carbocycles. The zero-order valence-electron chi connectivity index (χ0n) is 17.1. The van der Waals surface area contributed by atoms with Gasteiger partial charge in [0.25, 0.3) is 5.91 Å². The van der Waals surface area contributed by atoms with Crippen molar-refractivity contribution in [2.24, 2.45) is 0 Å². The first-order chi connectivity index (χ1) is 13.3. The van der Waals surface area contributed by atoms with Gasteiger partial charge in [-0.2, -0.15) is 4.31 Å². The molecule has 1 aromatic rings. The van der Waals surface area contributed by atoms with Gasteiger partial charge >= 0.3 is 0 Å². The van der Waals surface area contributed by atoms with Gasteiger partial charge in [0.1, 0.15) is 0 Å². The summed E-state index contributed by atoms with van der Waals surface area (Å²) in [6, 6.07) is 4.42. The highest BCUT2D eigenvalue weighted by Gasteiger charge is 2.25. The highest BCUT2D eigenvalue weighted by atomic mass is 35.5. The second-order valence-corrected chi connectivity index (χ2v) is 9.52. The summed E-state index contributed by atoms with van der Waals surface area (Å²) in [5.74, 6) is -0.311. The van der Waals surface area contributed by atoms with Crippen molar-refractivity contribution < 1.29 is 13.2 Å². The molecule has 0 radical (unpaired) electrons. The first-order valence-corrected chi connectivity index (χ1v) is 12.0. The number of unbranched alkanes of at least 4 members (excludes halogenated alkanes) is 1. The molecule has 1 N–H and O–H groups in total. The van der Waals surface area contributed by atoms with E-state index in [1.807, 2.05) is 0 Å². The van der Waals surface area contributed by atoms with Crippen molar-refractivity contribution >= 4 is 27.5 Å². The van der Waals surface area contributed by atoms with Gasteiger partial charge in [0.2, 0.25) is 10.0 Å². The first kappa shape index (κ1) is 23.1. The van der Waals surface area contributed by atoms with Crippen LogP contribution in [0.1, 0.15) is 56.8 Å². The number of amides is 1. The van der Waals surface area contributed by atoms with E-state index in [-0.39, 0.29) is 27.4 Å². The van der Waals surface area contributed by atoms with Crippen LogP contribution in [0.3, 0.4) is 0 Å². The molecule has 2 rings (SSSR count). The predicted octanol–water partition coefficient (Wildman–Crippen LogP) is 3.36. The van der Waals surface area contributed by atoms with E-state index in [2.05, 4.69) is 17.1 Å². The average Bonchev–Trinajstić information content (AvgIpc) is 2.68. The van der Waals surface area contributed by atoms with Crippen molar-refractivity contribution in [2.75, 3.05) is 32.7 Å². The van der Waals surface area contributed by atoms with Gasteiger partial charge in [-0.15, -0.1) is 0 Å². The van der Waals surface area contributed by atoms with E-state index in [9.17, 15) is 13.2 Å². The number of benzene rings is 1. The third-order valence-electron chi connectivity index (χ3n) is 5.28. The number of piperidine rings is 1. The van der Waals surface area contributed by atoms with Gasteiger partial charge in [0.15, 0.2) is 0 Å². The van der Waals surface area contributed by atoms with E-state index in [1.165, 1.54) is 35.3 Å². The minimum Gasteiger partial charge on any atom is -0.349 e. The molecule has 1 saturated heterocycles. The zero-order valence-corrected chi connectivity index (χ0v) is 18.7. The molecular weight excluding hydrogens is 398 g/mol. The summed E-state index contributed by atoms with van der Waals surface area (Å²) in [4.78, 5) is 15.3. The highest BCUT2D eigenvalue weighted by molar-refractivity contribution is 7.89. The largest absolute Gasteiger partial charge is 0.349 e. The lowest BCUT2D eigenvalue weighted by Gasteiger charge is -2.32. The normalized spacial score (nSPS) is 16.5. The van der Waals surface area contributed by atoms with Crippen LogP contribution in [0, 0.1) is 0 Å². The van der Waals surface area contributed by atoms with Gasteiger partial charge in [0, 0.05) is 32.2 Å². The molecule has 1 fully saturated rings. The number of likely N-dealkylation sites (tertiary alicyclic amines) is 1. The molecule has 1 heterocycles. The Morgan fingerprint density at radius 2 is 1.86 bits per heavy atom. The van der Waals surface area contributed by atoms with Crippen LogP contribution in [0.25, 0.3) is 0 Å². The Hall–Kier alpha value is -1.15. The topological polar surface area (TPSA) is 69.7 Å². The monoisotopic (exact) mass is 429 g/mol. The molecule has 0 atom stereocenters. The fourth-order valence-corrected chi connectivity index (χ4v) is 5.19. The Morgan fingerprint density at radius 1 is 1.21 bits per heavy atom. The van der Waals surface area contributed by atoms with Gasteiger partial charge in [-0.3, -0.25) is 4.79 Å². The van der Waals surface area contributed by atoms with E-state index in [4.69, 9.17) is 11.6 Å². The lowest BCUT2D eigenvalue weighted by molar-refractivity contribution is 0.0910. The highest BCUT2D eigenvalue weighted by Crippen LogP contribution is 2.23. The van der Waals surface area contributed by atoms with E-state index in [1.54, 1.807) is 13.8 Å². The number of hydrogen-bond acceptors (Lipinski definition) is 4. The Kier molecular flexibility index (Phi) is 8.74. The maximum absolute atomic E-state index is 12.8. The minimum atomic E-state index is -3.64. The standard InChI is InChI=1S/C20H32ClN3O3S/c1-4-7-12-23-13-10-16(11-14-23)22-20(25)18-15-17(8-9-19(18)21)28(26,27)24(5-2)6-3/h8-9,15-16H,4-7,10-14H2,1-3H3,(H,22,25). The maximum Gasteiger partial charge on any atom is 0.253 e. The van der Waals surface area contributed by atoms with Crippen molar-refractivity contribution in [1.29, 1.82) is 0 Å². The number of hydrogen-bond donors (Lipinski definition) is 1. The summed E-state index contributed by atoms with van der Waals surface area (Å²) in [6.45, 7) is 9.55. The predicted molar refractivity (Wildman–Crippen MR) is 113 cm³/mol. The Morgan fingerprint density at radius 3 is 2.43 bits per heavy atom. The summed E-state index contributed by atoms with van der Waals surface area (Å²) in [5, 5.41) is 3.29. The van der Waals surface area contributed by atoms with Crippen LogP contribution in [0.2, 0.25) is 5.02 Å². The number of rotatable bonds is 9. The number of carbonyl (C=O) groups excluding carboxylic acids is 1. The third-order valence-corrected chi connectivity index (χ3v) is 7.65. The molecule has 8 heteroatoms. The lowest BCUT2D eigenvalue weighted by atomic mass is 10.0. The Balaban J connectivity index is 2.08. The molecule has 0 bridgehead atoms. The van der Waals surface area contributed by atoms with Gasteiger partial charge in [0.05, 0.1) is 15.5 Å². The molecule has 28 heavy (non-hydrogen) atoms. The molecular formula is C20H32ClN3O3S. The number of nitrogens with zero attached hydrogens (tertiary/aromatic N) is 2.